The summed E-state index contributed by atoms with van der Waals surface area (Å²) in [4.78, 5) is 5.53. The van der Waals surface area contributed by atoms with Crippen molar-refractivity contribution < 1.29 is 0 Å². The van der Waals surface area contributed by atoms with Crippen LogP contribution in [0, 0.1) is 19.8 Å². The van der Waals surface area contributed by atoms with Crippen molar-refractivity contribution in [3.8, 4) is 0 Å². The highest BCUT2D eigenvalue weighted by Gasteiger charge is 2.30. The molecule has 1 saturated heterocycles. The van der Waals surface area contributed by atoms with Gasteiger partial charge in [0.1, 0.15) is 0 Å². The lowest BCUT2D eigenvalue weighted by Crippen LogP contribution is -2.34. The summed E-state index contributed by atoms with van der Waals surface area (Å²) in [6.07, 6.45) is 4.06. The van der Waals surface area contributed by atoms with Crippen molar-refractivity contribution in [2.45, 2.75) is 39.2 Å². The minimum atomic E-state index is 0.602. The summed E-state index contributed by atoms with van der Waals surface area (Å²) in [5, 5.41) is 3.39. The lowest BCUT2D eigenvalue weighted by atomic mass is 9.89. The Morgan fingerprint density at radius 1 is 1.39 bits per heavy atom. The van der Waals surface area contributed by atoms with Crippen molar-refractivity contribution in [1.29, 1.82) is 0 Å². The van der Waals surface area contributed by atoms with Crippen molar-refractivity contribution in [2.75, 3.05) is 27.2 Å². The summed E-state index contributed by atoms with van der Waals surface area (Å²) in [6, 6.07) is 3.01. The minimum absolute atomic E-state index is 0.602. The average Bonchev–Trinajstić information content (AvgIpc) is 2.54. The van der Waals surface area contributed by atoms with Gasteiger partial charge in [0.15, 0.2) is 0 Å². The van der Waals surface area contributed by atoms with Crippen molar-refractivity contribution in [1.82, 2.24) is 10.2 Å². The van der Waals surface area contributed by atoms with Gasteiger partial charge in [0.2, 0.25) is 0 Å². The van der Waals surface area contributed by atoms with Gasteiger partial charge < -0.3 is 5.32 Å². The standard InChI is InChI=1S/C15H26N2S/c1-11-9-14(12(2)18-11)15-13(10-16-3)7-5-6-8-17(15)4/h9,13,15-16H,5-8,10H2,1-4H3. The summed E-state index contributed by atoms with van der Waals surface area (Å²) in [6.45, 7) is 6.87. The van der Waals surface area contributed by atoms with Gasteiger partial charge >= 0.3 is 0 Å². The number of hydrogen-bond acceptors (Lipinski definition) is 3. The highest BCUT2D eigenvalue weighted by molar-refractivity contribution is 7.12. The van der Waals surface area contributed by atoms with Gasteiger partial charge in [-0.3, -0.25) is 4.90 Å². The van der Waals surface area contributed by atoms with Gasteiger partial charge in [-0.05, 0) is 71.4 Å². The van der Waals surface area contributed by atoms with Crippen molar-refractivity contribution >= 4 is 11.3 Å². The van der Waals surface area contributed by atoms with E-state index in [0.29, 0.717) is 6.04 Å². The first-order chi connectivity index (χ1) is 8.63. The van der Waals surface area contributed by atoms with E-state index in [-0.39, 0.29) is 0 Å². The molecule has 3 heteroatoms. The van der Waals surface area contributed by atoms with Crippen LogP contribution in [0.2, 0.25) is 0 Å². The molecule has 0 spiro atoms. The van der Waals surface area contributed by atoms with Gasteiger partial charge in [0.05, 0.1) is 0 Å². The summed E-state index contributed by atoms with van der Waals surface area (Å²) in [5.74, 6) is 0.746. The molecule has 0 bridgehead atoms. The summed E-state index contributed by atoms with van der Waals surface area (Å²) in [5.41, 5.74) is 1.57. The van der Waals surface area contributed by atoms with Crippen LogP contribution in [0.25, 0.3) is 0 Å². The molecule has 0 amide bonds. The number of aryl methyl sites for hydroxylation is 2. The summed E-state index contributed by atoms with van der Waals surface area (Å²) in [7, 11) is 4.37. The monoisotopic (exact) mass is 266 g/mol. The predicted octanol–water partition coefficient (Wildman–Crippen LogP) is 3.36. The Balaban J connectivity index is 2.30. The van der Waals surface area contributed by atoms with Gasteiger partial charge in [0, 0.05) is 15.8 Å². The van der Waals surface area contributed by atoms with E-state index in [4.69, 9.17) is 0 Å². The minimum Gasteiger partial charge on any atom is -0.319 e. The molecule has 0 aliphatic carbocycles. The van der Waals surface area contributed by atoms with E-state index in [1.54, 1.807) is 5.56 Å². The first-order valence-corrected chi connectivity index (χ1v) is 7.87. The van der Waals surface area contributed by atoms with Gasteiger partial charge in [-0.1, -0.05) is 6.42 Å². The first-order valence-electron chi connectivity index (χ1n) is 7.05. The fourth-order valence-corrected chi connectivity index (χ4v) is 4.30. The Kier molecular flexibility index (Phi) is 4.82. The second kappa shape index (κ2) is 6.18. The third-order valence-electron chi connectivity index (χ3n) is 4.12. The van der Waals surface area contributed by atoms with Crippen LogP contribution in [0.3, 0.4) is 0 Å². The maximum absolute atomic E-state index is 3.39. The molecule has 0 radical (unpaired) electrons. The quantitative estimate of drug-likeness (QED) is 0.902. The lowest BCUT2D eigenvalue weighted by Gasteiger charge is -2.32. The lowest BCUT2D eigenvalue weighted by molar-refractivity contribution is 0.191. The third-order valence-corrected chi connectivity index (χ3v) is 5.10. The van der Waals surface area contributed by atoms with E-state index in [2.05, 4.69) is 44.2 Å². The first kappa shape index (κ1) is 14.0. The molecule has 1 aromatic rings. The van der Waals surface area contributed by atoms with Crippen LogP contribution in [-0.2, 0) is 0 Å². The largest absolute Gasteiger partial charge is 0.319 e. The molecule has 1 aliphatic heterocycles. The maximum atomic E-state index is 3.39. The predicted molar refractivity (Wildman–Crippen MR) is 80.4 cm³/mol. The zero-order valence-corrected chi connectivity index (χ0v) is 12.9. The van der Waals surface area contributed by atoms with Crippen LogP contribution in [0.1, 0.15) is 40.6 Å². The van der Waals surface area contributed by atoms with E-state index in [1.807, 2.05) is 11.3 Å². The highest BCUT2D eigenvalue weighted by Crippen LogP contribution is 2.38. The fourth-order valence-electron chi connectivity index (χ4n) is 3.34. The van der Waals surface area contributed by atoms with Gasteiger partial charge in [-0.25, -0.2) is 0 Å². The van der Waals surface area contributed by atoms with Gasteiger partial charge in [0.25, 0.3) is 0 Å². The van der Waals surface area contributed by atoms with E-state index in [9.17, 15) is 0 Å². The SMILES string of the molecule is CNCC1CCCCN(C)C1c1cc(C)sc1C. The molecule has 1 aliphatic rings. The number of nitrogens with zero attached hydrogens (tertiary/aromatic N) is 1. The fraction of sp³-hybridized carbons (Fsp3) is 0.733. The molecule has 1 N–H and O–H groups in total. The Hall–Kier alpha value is -0.380. The van der Waals surface area contributed by atoms with E-state index in [0.717, 1.165) is 12.5 Å². The molecule has 0 saturated carbocycles. The van der Waals surface area contributed by atoms with Crippen molar-refractivity contribution in [2.24, 2.45) is 5.92 Å². The zero-order chi connectivity index (χ0) is 13.1. The molecular formula is C15H26N2S. The Labute approximate surface area is 115 Å². The second-order valence-electron chi connectivity index (χ2n) is 5.61. The Bertz CT molecular complexity index is 386. The average molecular weight is 266 g/mol. The number of nitrogens with one attached hydrogen (secondary N) is 1. The number of thiophene rings is 1. The topological polar surface area (TPSA) is 15.3 Å². The number of likely N-dealkylation sites (tertiary alicyclic amines) is 1. The molecule has 1 aromatic heterocycles. The molecule has 102 valence electrons. The van der Waals surface area contributed by atoms with E-state index in [1.165, 1.54) is 35.6 Å². The number of hydrogen-bond donors (Lipinski definition) is 1. The molecule has 2 heterocycles. The molecule has 0 aromatic carbocycles. The van der Waals surface area contributed by atoms with Crippen LogP contribution in [0.5, 0.6) is 0 Å². The van der Waals surface area contributed by atoms with Crippen molar-refractivity contribution in [3.05, 3.63) is 21.4 Å². The molecule has 1 fully saturated rings. The summed E-state index contributed by atoms with van der Waals surface area (Å²) >= 11 is 1.94. The van der Waals surface area contributed by atoms with Crippen LogP contribution in [-0.4, -0.2) is 32.1 Å². The smallest absolute Gasteiger partial charge is 0.0396 e. The normalized spacial score (nSPS) is 26.2. The van der Waals surface area contributed by atoms with Crippen LogP contribution in [0.4, 0.5) is 0 Å². The molecule has 2 nitrogen and oxygen atoms in total. The Morgan fingerprint density at radius 3 is 2.78 bits per heavy atom. The maximum Gasteiger partial charge on any atom is 0.0396 e. The molecule has 2 atom stereocenters. The van der Waals surface area contributed by atoms with Crippen LogP contribution < -0.4 is 5.32 Å². The molecule has 2 unspecified atom stereocenters. The highest BCUT2D eigenvalue weighted by atomic mass is 32.1. The molecule has 18 heavy (non-hydrogen) atoms. The Morgan fingerprint density at radius 2 is 2.17 bits per heavy atom. The molecule has 2 rings (SSSR count). The van der Waals surface area contributed by atoms with E-state index >= 15 is 0 Å². The zero-order valence-electron chi connectivity index (χ0n) is 12.1. The van der Waals surface area contributed by atoms with Crippen LogP contribution >= 0.6 is 11.3 Å². The van der Waals surface area contributed by atoms with Gasteiger partial charge in [-0.2, -0.15) is 0 Å². The summed E-state index contributed by atoms with van der Waals surface area (Å²) < 4.78 is 0. The van der Waals surface area contributed by atoms with Gasteiger partial charge in [-0.15, -0.1) is 11.3 Å². The third kappa shape index (κ3) is 2.95. The van der Waals surface area contributed by atoms with Crippen molar-refractivity contribution in [3.63, 3.8) is 0 Å². The molecular weight excluding hydrogens is 240 g/mol. The van der Waals surface area contributed by atoms with E-state index < -0.39 is 0 Å². The van der Waals surface area contributed by atoms with Crippen LogP contribution in [0.15, 0.2) is 6.07 Å². The second-order valence-corrected chi connectivity index (χ2v) is 7.07. The number of rotatable bonds is 3.